The zero-order valence-corrected chi connectivity index (χ0v) is 14.7. The average molecular weight is 339 g/mol. The molecule has 0 aliphatic heterocycles. The van der Waals surface area contributed by atoms with Gasteiger partial charge in [-0.1, -0.05) is 20.8 Å². The quantitative estimate of drug-likeness (QED) is 0.786. The van der Waals surface area contributed by atoms with Gasteiger partial charge < -0.3 is 15.7 Å². The highest BCUT2D eigenvalue weighted by Crippen LogP contribution is 2.25. The Hall–Kier alpha value is -1.63. The van der Waals surface area contributed by atoms with Crippen LogP contribution in [0.2, 0.25) is 0 Å². The Kier molecular flexibility index (Phi) is 5.62. The Morgan fingerprint density at radius 2 is 1.96 bits per heavy atom. The van der Waals surface area contributed by atoms with Crippen molar-refractivity contribution in [2.45, 2.75) is 64.5 Å². The minimum atomic E-state index is -0.730. The largest absolute Gasteiger partial charge is 0.481 e. The van der Waals surface area contributed by atoms with E-state index in [0.29, 0.717) is 19.4 Å². The molecule has 128 valence electrons. The first kappa shape index (κ1) is 17.7. The van der Waals surface area contributed by atoms with Crippen molar-refractivity contribution in [2.75, 3.05) is 0 Å². The second kappa shape index (κ2) is 7.29. The van der Waals surface area contributed by atoms with Gasteiger partial charge in [0.2, 0.25) is 0 Å². The number of carboxylic acid groups (broad SMARTS) is 1. The van der Waals surface area contributed by atoms with E-state index in [1.807, 2.05) is 5.38 Å². The Labute approximate surface area is 140 Å². The van der Waals surface area contributed by atoms with Gasteiger partial charge in [-0.05, 0) is 25.7 Å². The van der Waals surface area contributed by atoms with Gasteiger partial charge in [0.25, 0.3) is 0 Å². The molecule has 6 nitrogen and oxygen atoms in total. The summed E-state index contributed by atoms with van der Waals surface area (Å²) in [6, 6.07) is -0.150. The fourth-order valence-electron chi connectivity index (χ4n) is 2.61. The van der Waals surface area contributed by atoms with Crippen LogP contribution in [0.1, 0.15) is 57.2 Å². The first-order chi connectivity index (χ1) is 10.8. The maximum atomic E-state index is 11.9. The summed E-state index contributed by atoms with van der Waals surface area (Å²) in [4.78, 5) is 27.4. The number of urea groups is 1. The summed E-state index contributed by atoms with van der Waals surface area (Å²) in [5, 5.41) is 17.6. The van der Waals surface area contributed by atoms with Gasteiger partial charge in [0.15, 0.2) is 0 Å². The molecular formula is C16H25N3O3S. The standard InChI is InChI=1S/C16H25N3O3S/c1-16(2,3)12-9-23-13(19-12)8-17-15(22)18-11-6-4-10(5-7-11)14(20)21/h9-11H,4-8H2,1-3H3,(H,20,21)(H2,17,18,22). The lowest BCUT2D eigenvalue weighted by molar-refractivity contribution is -0.142. The highest BCUT2D eigenvalue weighted by molar-refractivity contribution is 7.09. The van der Waals surface area contributed by atoms with E-state index in [1.165, 1.54) is 0 Å². The van der Waals surface area contributed by atoms with Crippen LogP contribution in [0.4, 0.5) is 4.79 Å². The van der Waals surface area contributed by atoms with Crippen LogP contribution >= 0.6 is 11.3 Å². The van der Waals surface area contributed by atoms with Crippen LogP contribution in [0.5, 0.6) is 0 Å². The first-order valence-electron chi connectivity index (χ1n) is 7.98. The number of thiazole rings is 1. The van der Waals surface area contributed by atoms with Gasteiger partial charge in [-0.25, -0.2) is 9.78 Å². The van der Waals surface area contributed by atoms with E-state index in [2.05, 4.69) is 36.4 Å². The highest BCUT2D eigenvalue weighted by Gasteiger charge is 2.26. The van der Waals surface area contributed by atoms with E-state index in [0.717, 1.165) is 23.5 Å². The number of hydrogen-bond donors (Lipinski definition) is 3. The predicted molar refractivity (Wildman–Crippen MR) is 89.6 cm³/mol. The molecular weight excluding hydrogens is 314 g/mol. The molecule has 0 spiro atoms. The van der Waals surface area contributed by atoms with E-state index < -0.39 is 5.97 Å². The molecule has 7 heteroatoms. The highest BCUT2D eigenvalue weighted by atomic mass is 32.1. The number of amides is 2. The van der Waals surface area contributed by atoms with Crippen molar-refractivity contribution >= 4 is 23.3 Å². The first-order valence-corrected chi connectivity index (χ1v) is 8.85. The SMILES string of the molecule is CC(C)(C)c1csc(CNC(=O)NC2CCC(C(=O)O)CC2)n1. The third-order valence-electron chi connectivity index (χ3n) is 4.13. The predicted octanol–water partition coefficient (Wildman–Crippen LogP) is 2.88. The molecule has 1 aliphatic rings. The number of aliphatic carboxylic acids is 1. The molecule has 1 aromatic heterocycles. The van der Waals surface area contributed by atoms with E-state index in [9.17, 15) is 9.59 Å². The Bertz CT molecular complexity index is 557. The normalized spacial score (nSPS) is 21.7. The van der Waals surface area contributed by atoms with Crippen LogP contribution in [0.3, 0.4) is 0 Å². The summed E-state index contributed by atoms with van der Waals surface area (Å²) in [6.07, 6.45) is 2.69. The second-order valence-electron chi connectivity index (χ2n) is 7.09. The van der Waals surface area contributed by atoms with Crippen molar-refractivity contribution in [1.82, 2.24) is 15.6 Å². The molecule has 1 fully saturated rings. The molecule has 1 aliphatic carbocycles. The van der Waals surface area contributed by atoms with E-state index in [1.54, 1.807) is 11.3 Å². The van der Waals surface area contributed by atoms with Crippen LogP contribution < -0.4 is 10.6 Å². The lowest BCUT2D eigenvalue weighted by atomic mass is 9.86. The van der Waals surface area contributed by atoms with Gasteiger partial charge in [-0.15, -0.1) is 11.3 Å². The van der Waals surface area contributed by atoms with Crippen molar-refractivity contribution < 1.29 is 14.7 Å². The summed E-state index contributed by atoms with van der Waals surface area (Å²) in [5.41, 5.74) is 1.05. The van der Waals surface area contributed by atoms with E-state index >= 15 is 0 Å². The monoisotopic (exact) mass is 339 g/mol. The molecule has 2 rings (SSSR count). The summed E-state index contributed by atoms with van der Waals surface area (Å²) in [6.45, 7) is 6.75. The van der Waals surface area contributed by atoms with Crippen molar-refractivity contribution in [3.05, 3.63) is 16.1 Å². The zero-order valence-electron chi connectivity index (χ0n) is 13.9. The number of carbonyl (C=O) groups excluding carboxylic acids is 1. The van der Waals surface area contributed by atoms with Crippen LogP contribution in [0.25, 0.3) is 0 Å². The van der Waals surface area contributed by atoms with E-state index in [4.69, 9.17) is 5.11 Å². The van der Waals surface area contributed by atoms with Crippen molar-refractivity contribution in [3.63, 3.8) is 0 Å². The molecule has 3 N–H and O–H groups in total. The lowest BCUT2D eigenvalue weighted by Gasteiger charge is -2.26. The molecule has 0 radical (unpaired) electrons. The van der Waals surface area contributed by atoms with Crippen LogP contribution in [-0.4, -0.2) is 28.1 Å². The topological polar surface area (TPSA) is 91.3 Å². The summed E-state index contributed by atoms with van der Waals surface area (Å²) >= 11 is 1.55. The van der Waals surface area contributed by atoms with Gasteiger partial charge in [0, 0.05) is 16.8 Å². The summed E-state index contributed by atoms with van der Waals surface area (Å²) in [7, 11) is 0. The minimum absolute atomic E-state index is 0.0137. The second-order valence-corrected chi connectivity index (χ2v) is 8.03. The van der Waals surface area contributed by atoms with Crippen LogP contribution in [0.15, 0.2) is 5.38 Å². The Morgan fingerprint density at radius 3 is 2.48 bits per heavy atom. The molecule has 1 aromatic rings. The molecule has 0 atom stereocenters. The lowest BCUT2D eigenvalue weighted by Crippen LogP contribution is -2.43. The van der Waals surface area contributed by atoms with E-state index in [-0.39, 0.29) is 23.4 Å². The number of aromatic nitrogens is 1. The van der Waals surface area contributed by atoms with Crippen molar-refractivity contribution in [2.24, 2.45) is 5.92 Å². The summed E-state index contributed by atoms with van der Waals surface area (Å²) in [5.74, 6) is -0.992. The molecule has 1 heterocycles. The third-order valence-corrected chi connectivity index (χ3v) is 4.98. The number of nitrogens with one attached hydrogen (secondary N) is 2. The Morgan fingerprint density at radius 1 is 1.30 bits per heavy atom. The molecule has 23 heavy (non-hydrogen) atoms. The van der Waals surface area contributed by atoms with Crippen molar-refractivity contribution in [1.29, 1.82) is 0 Å². The van der Waals surface area contributed by atoms with Gasteiger partial charge in [0.1, 0.15) is 5.01 Å². The number of nitrogens with zero attached hydrogens (tertiary/aromatic N) is 1. The van der Waals surface area contributed by atoms with Gasteiger partial charge >= 0.3 is 12.0 Å². The molecule has 1 saturated carbocycles. The molecule has 0 aromatic carbocycles. The molecule has 2 amide bonds. The number of carboxylic acids is 1. The van der Waals surface area contributed by atoms with Crippen molar-refractivity contribution in [3.8, 4) is 0 Å². The third kappa shape index (κ3) is 5.20. The molecule has 0 bridgehead atoms. The maximum Gasteiger partial charge on any atom is 0.315 e. The van der Waals surface area contributed by atoms with Crippen LogP contribution in [-0.2, 0) is 16.8 Å². The molecule has 0 unspecified atom stereocenters. The van der Waals surface area contributed by atoms with Gasteiger partial charge in [0.05, 0.1) is 18.2 Å². The minimum Gasteiger partial charge on any atom is -0.481 e. The van der Waals surface area contributed by atoms with Gasteiger partial charge in [-0.3, -0.25) is 4.79 Å². The number of rotatable bonds is 4. The molecule has 0 saturated heterocycles. The number of hydrogen-bond acceptors (Lipinski definition) is 4. The average Bonchev–Trinajstić information content (AvgIpc) is 2.95. The smallest absolute Gasteiger partial charge is 0.315 e. The van der Waals surface area contributed by atoms with Crippen LogP contribution in [0, 0.1) is 5.92 Å². The fraction of sp³-hybridized carbons (Fsp3) is 0.688. The summed E-state index contributed by atoms with van der Waals surface area (Å²) < 4.78 is 0. The zero-order chi connectivity index (χ0) is 17.0. The fourth-order valence-corrected chi connectivity index (χ4v) is 3.57. The Balaban J connectivity index is 1.73. The number of carbonyl (C=O) groups is 2. The van der Waals surface area contributed by atoms with Gasteiger partial charge in [-0.2, -0.15) is 0 Å². The maximum absolute atomic E-state index is 11.9.